The lowest BCUT2D eigenvalue weighted by Gasteiger charge is -2.15. The first kappa shape index (κ1) is 17.3. The van der Waals surface area contributed by atoms with Gasteiger partial charge in [0.05, 0.1) is 0 Å². The summed E-state index contributed by atoms with van der Waals surface area (Å²) in [6.07, 6.45) is 8.56. The summed E-state index contributed by atoms with van der Waals surface area (Å²) in [5.74, 6) is 3.58. The van der Waals surface area contributed by atoms with Gasteiger partial charge in [-0.05, 0) is 20.8 Å². The van der Waals surface area contributed by atoms with E-state index < -0.39 is 0 Å². The normalized spacial score (nSPS) is 10.7. The Morgan fingerprint density at radius 2 is 2.21 bits per heavy atom. The van der Waals surface area contributed by atoms with Crippen molar-refractivity contribution >= 4 is 6.21 Å². The standard InChI is InChI=1S/C13H19N3O2.ClH/c1-5-6-9-18-11-15-7-8-16(13(2,3)4)12(15)10-14-17;/h7-8,10H,5,11H2,1-4H3;1H. The van der Waals surface area contributed by atoms with Crippen LogP contribution >= 0.6 is 0 Å². The molecule has 19 heavy (non-hydrogen) atoms. The van der Waals surface area contributed by atoms with Crippen molar-refractivity contribution in [2.75, 3.05) is 0 Å². The fraction of sp³-hybridized carbons (Fsp3) is 0.538. The van der Waals surface area contributed by atoms with Gasteiger partial charge in [-0.2, -0.15) is 4.57 Å². The van der Waals surface area contributed by atoms with E-state index in [0.29, 0.717) is 6.73 Å². The van der Waals surface area contributed by atoms with Gasteiger partial charge < -0.3 is 22.4 Å². The van der Waals surface area contributed by atoms with Crippen LogP contribution < -0.4 is 17.0 Å². The summed E-state index contributed by atoms with van der Waals surface area (Å²) in [5, 5.41) is 11.8. The van der Waals surface area contributed by atoms with Crippen LogP contribution in [0.1, 0.15) is 39.9 Å². The maximum atomic E-state index is 8.74. The molecule has 0 atom stereocenters. The first-order valence-corrected chi connectivity index (χ1v) is 5.89. The van der Waals surface area contributed by atoms with Crippen LogP contribution in [0.3, 0.4) is 0 Å². The topological polar surface area (TPSA) is 50.6 Å². The number of rotatable bonds is 3. The molecule has 106 valence electrons. The van der Waals surface area contributed by atoms with E-state index in [1.165, 1.54) is 6.21 Å². The second kappa shape index (κ2) is 7.70. The van der Waals surface area contributed by atoms with E-state index in [1.807, 2.05) is 28.5 Å². The molecule has 0 unspecified atom stereocenters. The van der Waals surface area contributed by atoms with Crippen LogP contribution in [0.4, 0.5) is 0 Å². The van der Waals surface area contributed by atoms with Crippen molar-refractivity contribution in [3.63, 3.8) is 0 Å². The zero-order valence-electron chi connectivity index (χ0n) is 11.7. The average Bonchev–Trinajstić information content (AvgIpc) is 2.68. The lowest BCUT2D eigenvalue weighted by molar-refractivity contribution is -0.728. The van der Waals surface area contributed by atoms with E-state index in [0.717, 1.165) is 12.2 Å². The van der Waals surface area contributed by atoms with E-state index >= 15 is 0 Å². The van der Waals surface area contributed by atoms with Crippen molar-refractivity contribution in [2.45, 2.75) is 46.4 Å². The van der Waals surface area contributed by atoms with Gasteiger partial charge in [-0.25, -0.2) is 4.57 Å². The van der Waals surface area contributed by atoms with Crippen LogP contribution in [0, 0.1) is 12.0 Å². The first-order valence-electron chi connectivity index (χ1n) is 5.89. The van der Waals surface area contributed by atoms with E-state index in [4.69, 9.17) is 9.94 Å². The molecular weight excluding hydrogens is 266 g/mol. The summed E-state index contributed by atoms with van der Waals surface area (Å²) in [4.78, 5) is 0. The zero-order chi connectivity index (χ0) is 13.6. The highest BCUT2D eigenvalue weighted by molar-refractivity contribution is 5.72. The fourth-order valence-electron chi connectivity index (χ4n) is 1.53. The number of imidazole rings is 1. The van der Waals surface area contributed by atoms with Gasteiger partial charge >= 0.3 is 5.82 Å². The minimum atomic E-state index is -0.100. The maximum Gasteiger partial charge on any atom is 0.306 e. The zero-order valence-corrected chi connectivity index (χ0v) is 12.5. The summed E-state index contributed by atoms with van der Waals surface area (Å²) in [5.41, 5.74) is -0.100. The van der Waals surface area contributed by atoms with Crippen LogP contribution in [0.15, 0.2) is 17.5 Å². The predicted molar refractivity (Wildman–Crippen MR) is 68.2 cm³/mol. The smallest absolute Gasteiger partial charge is 0.306 e. The molecule has 0 amide bonds. The molecular formula is C13H20ClN3O2. The molecule has 0 saturated heterocycles. The number of halogens is 1. The molecule has 1 heterocycles. The Balaban J connectivity index is 0.00000324. The van der Waals surface area contributed by atoms with Crippen molar-refractivity contribution < 1.29 is 26.9 Å². The first-order chi connectivity index (χ1) is 8.50. The van der Waals surface area contributed by atoms with Crippen LogP contribution in [-0.4, -0.2) is 16.0 Å². The van der Waals surface area contributed by atoms with Crippen LogP contribution in [0.5, 0.6) is 0 Å². The van der Waals surface area contributed by atoms with Gasteiger partial charge in [-0.15, -0.1) is 0 Å². The molecule has 5 nitrogen and oxygen atoms in total. The van der Waals surface area contributed by atoms with Crippen molar-refractivity contribution in [1.82, 2.24) is 4.57 Å². The van der Waals surface area contributed by atoms with Crippen molar-refractivity contribution in [3.05, 3.63) is 18.2 Å². The van der Waals surface area contributed by atoms with Crippen LogP contribution in [0.25, 0.3) is 0 Å². The van der Waals surface area contributed by atoms with Gasteiger partial charge in [-0.3, -0.25) is 0 Å². The molecule has 6 heteroatoms. The average molecular weight is 286 g/mol. The molecule has 0 aliphatic carbocycles. The van der Waals surface area contributed by atoms with Gasteiger partial charge in [0.15, 0.2) is 6.21 Å². The van der Waals surface area contributed by atoms with Gasteiger partial charge in [0, 0.05) is 6.42 Å². The van der Waals surface area contributed by atoms with Crippen molar-refractivity contribution in [3.8, 4) is 12.0 Å². The highest BCUT2D eigenvalue weighted by atomic mass is 35.5. The molecule has 0 fully saturated rings. The lowest BCUT2D eigenvalue weighted by atomic mass is 10.1. The summed E-state index contributed by atoms with van der Waals surface area (Å²) in [6.45, 7) is 8.48. The third-order valence-corrected chi connectivity index (χ3v) is 2.36. The second-order valence-electron chi connectivity index (χ2n) is 4.82. The van der Waals surface area contributed by atoms with Gasteiger partial charge in [-0.1, -0.05) is 18.0 Å². The SMILES string of the molecule is CCC#COC[n+]1ccn(C(C)(C)C)c1C=NO.[Cl-]. The molecule has 0 radical (unpaired) electrons. The molecule has 0 bridgehead atoms. The quantitative estimate of drug-likeness (QED) is 0.246. The molecule has 0 aliphatic heterocycles. The fourth-order valence-corrected chi connectivity index (χ4v) is 1.53. The highest BCUT2D eigenvalue weighted by Crippen LogP contribution is 2.14. The van der Waals surface area contributed by atoms with Gasteiger partial charge in [0.25, 0.3) is 0 Å². The van der Waals surface area contributed by atoms with Crippen LogP contribution in [0.2, 0.25) is 0 Å². The Kier molecular flexibility index (Phi) is 7.02. The third kappa shape index (κ3) is 4.84. The predicted octanol–water partition coefficient (Wildman–Crippen LogP) is -1.31. The lowest BCUT2D eigenvalue weighted by Crippen LogP contribution is -3.00. The Morgan fingerprint density at radius 3 is 2.74 bits per heavy atom. The van der Waals surface area contributed by atoms with Gasteiger partial charge in [0.1, 0.15) is 24.0 Å². The molecule has 1 aromatic rings. The summed E-state index contributed by atoms with van der Waals surface area (Å²) in [6, 6.07) is 0. The second-order valence-corrected chi connectivity index (χ2v) is 4.82. The number of oxime groups is 1. The number of hydrogen-bond acceptors (Lipinski definition) is 3. The molecule has 0 saturated carbocycles. The Morgan fingerprint density at radius 1 is 1.53 bits per heavy atom. The third-order valence-electron chi connectivity index (χ3n) is 2.36. The minimum Gasteiger partial charge on any atom is -1.00 e. The largest absolute Gasteiger partial charge is 1.00 e. The maximum absolute atomic E-state index is 8.74. The number of nitrogens with zero attached hydrogens (tertiary/aromatic N) is 3. The summed E-state index contributed by atoms with van der Waals surface area (Å²) in [7, 11) is 0. The van der Waals surface area contributed by atoms with Gasteiger partial charge in [0.2, 0.25) is 6.73 Å². The van der Waals surface area contributed by atoms with Crippen molar-refractivity contribution in [2.24, 2.45) is 5.16 Å². The molecule has 1 N–H and O–H groups in total. The summed E-state index contributed by atoms with van der Waals surface area (Å²) < 4.78 is 9.05. The molecule has 1 aromatic heterocycles. The summed E-state index contributed by atoms with van der Waals surface area (Å²) >= 11 is 0. The van der Waals surface area contributed by atoms with E-state index in [-0.39, 0.29) is 17.9 Å². The van der Waals surface area contributed by atoms with Crippen molar-refractivity contribution in [1.29, 1.82) is 0 Å². The van der Waals surface area contributed by atoms with E-state index in [9.17, 15) is 0 Å². The Hall–Kier alpha value is -1.67. The van der Waals surface area contributed by atoms with E-state index in [1.54, 1.807) is 0 Å². The Labute approximate surface area is 120 Å². The van der Waals surface area contributed by atoms with Crippen LogP contribution in [-0.2, 0) is 17.0 Å². The monoisotopic (exact) mass is 285 g/mol. The number of ether oxygens (including phenoxy) is 1. The number of aromatic nitrogens is 2. The molecule has 1 rings (SSSR count). The molecule has 0 aliphatic rings. The highest BCUT2D eigenvalue weighted by Gasteiger charge is 2.26. The van der Waals surface area contributed by atoms with E-state index in [2.05, 4.69) is 38.0 Å². The molecule has 0 aromatic carbocycles. The Bertz CT molecular complexity index is 478. The molecule has 0 spiro atoms. The number of hydrogen-bond donors (Lipinski definition) is 1. The minimum absolute atomic E-state index is 0.